The minimum atomic E-state index is 1.07. The average molecular weight is 218 g/mol. The van der Waals surface area contributed by atoms with Crippen LogP contribution in [0.3, 0.4) is 0 Å². The van der Waals surface area contributed by atoms with E-state index < -0.39 is 0 Å². The maximum atomic E-state index is 2.57. The summed E-state index contributed by atoms with van der Waals surface area (Å²) in [6, 6.07) is 0. The molecule has 4 bridgehead atoms. The molecular weight excluding hydrogens is 192 g/mol. The van der Waals surface area contributed by atoms with Crippen LogP contribution in [0.1, 0.15) is 52.4 Å². The Morgan fingerprint density at radius 2 is 1.62 bits per heavy atom. The van der Waals surface area contributed by atoms with E-state index in [9.17, 15) is 0 Å². The lowest BCUT2D eigenvalue weighted by molar-refractivity contribution is -0.176. The van der Waals surface area contributed by atoms with Crippen LogP contribution in [-0.2, 0) is 0 Å². The highest BCUT2D eigenvalue weighted by Gasteiger charge is 2.63. The van der Waals surface area contributed by atoms with Crippen LogP contribution in [0.5, 0.6) is 0 Å². The molecule has 5 aliphatic rings. The summed E-state index contributed by atoms with van der Waals surface area (Å²) in [4.78, 5) is 0. The molecule has 0 N–H and O–H groups in total. The van der Waals surface area contributed by atoms with Crippen molar-refractivity contribution in [1.29, 1.82) is 0 Å². The Labute approximate surface area is 100 Å². The summed E-state index contributed by atoms with van der Waals surface area (Å²) < 4.78 is 0. The lowest BCUT2D eigenvalue weighted by Gasteiger charge is -2.66. The number of hydrogen-bond acceptors (Lipinski definition) is 0. The highest BCUT2D eigenvalue weighted by atomic mass is 14.7. The van der Waals surface area contributed by atoms with Gasteiger partial charge in [0.05, 0.1) is 0 Å². The van der Waals surface area contributed by atoms with Gasteiger partial charge >= 0.3 is 0 Å². The van der Waals surface area contributed by atoms with E-state index in [4.69, 9.17) is 0 Å². The second-order valence-electron chi connectivity index (χ2n) is 7.36. The maximum absolute atomic E-state index is 2.57. The van der Waals surface area contributed by atoms with Crippen LogP contribution >= 0.6 is 0 Å². The topological polar surface area (TPSA) is 0 Å². The smallest absolute Gasteiger partial charge is 0.0320 e. The first-order chi connectivity index (χ1) is 7.81. The second kappa shape index (κ2) is 3.27. The van der Waals surface area contributed by atoms with Crippen molar-refractivity contribution in [3.05, 3.63) is 0 Å². The lowest BCUT2D eigenvalue weighted by atomic mass is 9.39. The molecule has 0 aliphatic heterocycles. The highest BCUT2D eigenvalue weighted by Crippen LogP contribution is 2.69. The molecular formula is C16H26. The molecule has 90 valence electrons. The minimum absolute atomic E-state index is 1.07. The predicted octanol–water partition coefficient (Wildman–Crippen LogP) is 4.35. The van der Waals surface area contributed by atoms with E-state index in [2.05, 4.69) is 13.8 Å². The number of hydrogen-bond donors (Lipinski definition) is 0. The molecule has 0 heterocycles. The molecule has 0 heteroatoms. The molecule has 5 aliphatic carbocycles. The SMILES string of the molecule is CCC1CC1C1CC(C)C2C3CCC[C@H]2C13. The fourth-order valence-electron chi connectivity index (χ4n) is 6.31. The third-order valence-corrected chi connectivity index (χ3v) is 6.90. The monoisotopic (exact) mass is 218 g/mol. The lowest BCUT2D eigenvalue weighted by Crippen LogP contribution is -2.60. The first-order valence-electron chi connectivity index (χ1n) is 7.81. The summed E-state index contributed by atoms with van der Waals surface area (Å²) in [6.07, 6.45) is 9.40. The summed E-state index contributed by atoms with van der Waals surface area (Å²) in [6.45, 7) is 4.98. The van der Waals surface area contributed by atoms with Gasteiger partial charge in [0.25, 0.3) is 0 Å². The van der Waals surface area contributed by atoms with Gasteiger partial charge in [0.1, 0.15) is 0 Å². The maximum Gasteiger partial charge on any atom is -0.0320 e. The van der Waals surface area contributed by atoms with Crippen molar-refractivity contribution in [2.24, 2.45) is 47.3 Å². The van der Waals surface area contributed by atoms with Gasteiger partial charge in [-0.15, -0.1) is 0 Å². The fourth-order valence-corrected chi connectivity index (χ4v) is 6.31. The Kier molecular flexibility index (Phi) is 2.04. The predicted molar refractivity (Wildman–Crippen MR) is 67.0 cm³/mol. The molecule has 5 saturated carbocycles. The van der Waals surface area contributed by atoms with Crippen molar-refractivity contribution in [2.75, 3.05) is 0 Å². The van der Waals surface area contributed by atoms with Gasteiger partial charge in [-0.2, -0.15) is 0 Å². The van der Waals surface area contributed by atoms with Gasteiger partial charge in [0.2, 0.25) is 0 Å². The van der Waals surface area contributed by atoms with E-state index in [1.807, 2.05) is 0 Å². The zero-order valence-corrected chi connectivity index (χ0v) is 10.9. The molecule has 8 atom stereocenters. The first kappa shape index (κ1) is 9.97. The Morgan fingerprint density at radius 3 is 2.25 bits per heavy atom. The van der Waals surface area contributed by atoms with Gasteiger partial charge in [0.15, 0.2) is 0 Å². The van der Waals surface area contributed by atoms with Crippen molar-refractivity contribution < 1.29 is 0 Å². The first-order valence-corrected chi connectivity index (χ1v) is 7.81. The van der Waals surface area contributed by atoms with Crippen LogP contribution in [0.4, 0.5) is 0 Å². The molecule has 0 aromatic carbocycles. The largest absolute Gasteiger partial charge is 0.0651 e. The third kappa shape index (κ3) is 1.12. The Balaban J connectivity index is 1.56. The quantitative estimate of drug-likeness (QED) is 0.646. The molecule has 0 spiro atoms. The minimum Gasteiger partial charge on any atom is -0.0651 e. The van der Waals surface area contributed by atoms with Crippen LogP contribution in [0.2, 0.25) is 0 Å². The molecule has 7 unspecified atom stereocenters. The van der Waals surface area contributed by atoms with Crippen LogP contribution in [0.25, 0.3) is 0 Å². The molecule has 16 heavy (non-hydrogen) atoms. The van der Waals surface area contributed by atoms with Crippen molar-refractivity contribution in [3.8, 4) is 0 Å². The summed E-state index contributed by atoms with van der Waals surface area (Å²) in [5, 5.41) is 0. The molecule has 0 radical (unpaired) electrons. The van der Waals surface area contributed by atoms with Crippen LogP contribution in [-0.4, -0.2) is 0 Å². The summed E-state index contributed by atoms with van der Waals surface area (Å²) in [5.74, 6) is 9.29. The van der Waals surface area contributed by atoms with Crippen LogP contribution in [0, 0.1) is 47.3 Å². The van der Waals surface area contributed by atoms with E-state index in [0.29, 0.717) is 0 Å². The van der Waals surface area contributed by atoms with E-state index in [1.54, 1.807) is 32.1 Å². The molecule has 0 aromatic heterocycles. The van der Waals surface area contributed by atoms with E-state index in [-0.39, 0.29) is 0 Å². The average Bonchev–Trinajstić information content (AvgIpc) is 3.09. The van der Waals surface area contributed by atoms with Crippen molar-refractivity contribution in [1.82, 2.24) is 0 Å². The Hall–Kier alpha value is 0. The van der Waals surface area contributed by atoms with Crippen LogP contribution in [0.15, 0.2) is 0 Å². The van der Waals surface area contributed by atoms with Gasteiger partial charge in [-0.1, -0.05) is 26.7 Å². The summed E-state index contributed by atoms with van der Waals surface area (Å²) >= 11 is 0. The standard InChI is InChI=1S/C16H26/c1-3-10-8-13(10)14-7-9(2)15-11-5-4-6-12(15)16(11)14/h9-16H,3-8H2,1-2H3/t9?,10?,11-,12?,13?,14?,15?,16?/m1/s1. The fraction of sp³-hybridized carbons (Fsp3) is 1.00. The van der Waals surface area contributed by atoms with Crippen molar-refractivity contribution >= 4 is 0 Å². The summed E-state index contributed by atoms with van der Waals surface area (Å²) in [7, 11) is 0. The van der Waals surface area contributed by atoms with Gasteiger partial charge in [-0.05, 0) is 73.0 Å². The second-order valence-corrected chi connectivity index (χ2v) is 7.36. The van der Waals surface area contributed by atoms with E-state index in [1.165, 1.54) is 41.9 Å². The number of fused-ring (bicyclic) bond motifs is 2. The van der Waals surface area contributed by atoms with Gasteiger partial charge in [-0.25, -0.2) is 0 Å². The molecule has 0 saturated heterocycles. The Bertz CT molecular complexity index is 282. The zero-order chi connectivity index (χ0) is 10.9. The highest BCUT2D eigenvalue weighted by molar-refractivity contribution is 5.11. The van der Waals surface area contributed by atoms with Crippen LogP contribution < -0.4 is 0 Å². The molecule has 5 rings (SSSR count). The van der Waals surface area contributed by atoms with Gasteiger partial charge in [-0.3, -0.25) is 0 Å². The molecule has 0 nitrogen and oxygen atoms in total. The Morgan fingerprint density at radius 1 is 0.875 bits per heavy atom. The van der Waals surface area contributed by atoms with E-state index >= 15 is 0 Å². The van der Waals surface area contributed by atoms with E-state index in [0.717, 1.165) is 11.8 Å². The molecule has 5 fully saturated rings. The molecule has 0 aromatic rings. The zero-order valence-electron chi connectivity index (χ0n) is 10.9. The van der Waals surface area contributed by atoms with Crippen molar-refractivity contribution in [2.45, 2.75) is 52.4 Å². The van der Waals surface area contributed by atoms with Gasteiger partial charge in [0, 0.05) is 0 Å². The molecule has 0 amide bonds. The number of rotatable bonds is 2. The third-order valence-electron chi connectivity index (χ3n) is 6.90. The van der Waals surface area contributed by atoms with Crippen molar-refractivity contribution in [3.63, 3.8) is 0 Å². The van der Waals surface area contributed by atoms with Gasteiger partial charge < -0.3 is 0 Å². The normalized spacial score (nSPS) is 62.6. The summed E-state index contributed by atoms with van der Waals surface area (Å²) in [5.41, 5.74) is 0.